The molecule has 158 valence electrons. The Bertz CT molecular complexity index is 1170. The Labute approximate surface area is 197 Å². The summed E-state index contributed by atoms with van der Waals surface area (Å²) in [5.74, 6) is 2.18. The maximum Gasteiger partial charge on any atom is 0.214 e. The van der Waals surface area contributed by atoms with Crippen molar-refractivity contribution >= 4 is 37.6 Å². The molecule has 0 saturated carbocycles. The zero-order valence-electron chi connectivity index (χ0n) is 17.0. The van der Waals surface area contributed by atoms with E-state index in [1.54, 1.807) is 14.2 Å². The second-order valence-electron chi connectivity index (χ2n) is 7.40. The van der Waals surface area contributed by atoms with E-state index in [2.05, 4.69) is 55.1 Å². The van der Waals surface area contributed by atoms with Crippen LogP contribution in [-0.2, 0) is 0 Å². The summed E-state index contributed by atoms with van der Waals surface area (Å²) in [5.41, 5.74) is 4.22. The van der Waals surface area contributed by atoms with E-state index in [1.165, 1.54) is 0 Å². The highest BCUT2D eigenvalue weighted by Gasteiger charge is 2.42. The lowest BCUT2D eigenvalue weighted by Crippen LogP contribution is -2.34. The number of halogens is 2. The van der Waals surface area contributed by atoms with Crippen LogP contribution >= 0.6 is 31.9 Å². The lowest BCUT2D eigenvalue weighted by molar-refractivity contribution is -0.0198. The van der Waals surface area contributed by atoms with Gasteiger partial charge in [-0.1, -0.05) is 46.3 Å². The maximum absolute atomic E-state index is 6.53. The van der Waals surface area contributed by atoms with Crippen molar-refractivity contribution in [1.82, 2.24) is 5.01 Å². The molecule has 0 bridgehead atoms. The molecule has 2 aliphatic rings. The Morgan fingerprint density at radius 1 is 0.968 bits per heavy atom. The zero-order chi connectivity index (χ0) is 21.5. The van der Waals surface area contributed by atoms with Gasteiger partial charge in [0, 0.05) is 22.0 Å². The zero-order valence-corrected chi connectivity index (χ0v) is 20.2. The highest BCUT2D eigenvalue weighted by molar-refractivity contribution is 9.11. The van der Waals surface area contributed by atoms with Crippen LogP contribution in [-0.4, -0.2) is 24.9 Å². The van der Waals surface area contributed by atoms with E-state index in [-0.39, 0.29) is 6.04 Å². The Morgan fingerprint density at radius 2 is 1.74 bits per heavy atom. The van der Waals surface area contributed by atoms with Crippen molar-refractivity contribution in [1.29, 1.82) is 0 Å². The van der Waals surface area contributed by atoms with Gasteiger partial charge in [-0.15, -0.1) is 0 Å². The monoisotopic (exact) mass is 542 g/mol. The first-order chi connectivity index (χ1) is 15.1. The molecule has 0 aromatic heterocycles. The van der Waals surface area contributed by atoms with Crippen molar-refractivity contribution in [2.45, 2.75) is 18.7 Å². The molecule has 2 atom stereocenters. The van der Waals surface area contributed by atoms with Gasteiger partial charge in [-0.3, -0.25) is 0 Å². The molecule has 0 unspecified atom stereocenters. The molecule has 7 heteroatoms. The van der Waals surface area contributed by atoms with Gasteiger partial charge in [0.15, 0.2) is 11.5 Å². The predicted molar refractivity (Wildman–Crippen MR) is 127 cm³/mol. The third-order valence-electron chi connectivity index (χ3n) is 5.61. The molecule has 0 spiro atoms. The number of nitrogens with zero attached hydrogens (tertiary/aromatic N) is 2. The Hall–Kier alpha value is -2.51. The van der Waals surface area contributed by atoms with Crippen LogP contribution in [0.5, 0.6) is 17.2 Å². The summed E-state index contributed by atoms with van der Waals surface area (Å²) in [6.45, 7) is 0. The van der Waals surface area contributed by atoms with Crippen LogP contribution in [0.15, 0.2) is 74.7 Å². The van der Waals surface area contributed by atoms with Crippen LogP contribution < -0.4 is 14.2 Å². The first-order valence-electron chi connectivity index (χ1n) is 9.88. The summed E-state index contributed by atoms with van der Waals surface area (Å²) in [5, 5.41) is 7.08. The fourth-order valence-corrected chi connectivity index (χ4v) is 5.50. The molecular weight excluding hydrogens is 524 g/mol. The van der Waals surface area contributed by atoms with Gasteiger partial charge in [0.2, 0.25) is 6.23 Å². The van der Waals surface area contributed by atoms with Gasteiger partial charge in [0.05, 0.1) is 30.4 Å². The van der Waals surface area contributed by atoms with Crippen molar-refractivity contribution in [3.05, 3.63) is 86.3 Å². The molecule has 5 nitrogen and oxygen atoms in total. The van der Waals surface area contributed by atoms with Crippen LogP contribution in [0.2, 0.25) is 0 Å². The van der Waals surface area contributed by atoms with Crippen LogP contribution in [0.4, 0.5) is 0 Å². The minimum absolute atomic E-state index is 0.0610. The Morgan fingerprint density at radius 3 is 2.48 bits per heavy atom. The van der Waals surface area contributed by atoms with Crippen molar-refractivity contribution in [2.24, 2.45) is 5.10 Å². The number of ether oxygens (including phenoxy) is 3. The second kappa shape index (κ2) is 8.20. The lowest BCUT2D eigenvalue weighted by Gasteiger charge is -2.38. The molecule has 0 amide bonds. The van der Waals surface area contributed by atoms with E-state index >= 15 is 0 Å². The molecule has 0 radical (unpaired) electrons. The first kappa shape index (κ1) is 20.4. The number of hydrogen-bond donors (Lipinski definition) is 0. The SMILES string of the molecule is COc1ccc([C@H]2Oc3c(Br)cc(Br)cc3[C@@H]3CC(c4ccccc4)=NN23)cc1OC. The predicted octanol–water partition coefficient (Wildman–Crippen LogP) is 6.47. The molecule has 0 aliphatic carbocycles. The number of fused-ring (bicyclic) bond motifs is 3. The van der Waals surface area contributed by atoms with Gasteiger partial charge in [-0.25, -0.2) is 5.01 Å². The third-order valence-corrected chi connectivity index (χ3v) is 6.65. The van der Waals surface area contributed by atoms with E-state index < -0.39 is 6.23 Å². The minimum atomic E-state index is -0.393. The van der Waals surface area contributed by atoms with Crippen LogP contribution in [0, 0.1) is 0 Å². The summed E-state index contributed by atoms with van der Waals surface area (Å²) in [6, 6.07) is 20.3. The number of benzene rings is 3. The van der Waals surface area contributed by atoms with E-state index in [0.717, 1.165) is 43.5 Å². The summed E-state index contributed by atoms with van der Waals surface area (Å²) in [6.07, 6.45) is 0.406. The van der Waals surface area contributed by atoms with E-state index in [9.17, 15) is 0 Å². The molecule has 0 fully saturated rings. The summed E-state index contributed by atoms with van der Waals surface area (Å²) in [4.78, 5) is 0. The topological polar surface area (TPSA) is 43.3 Å². The molecule has 2 heterocycles. The van der Waals surface area contributed by atoms with E-state index in [1.807, 2.05) is 42.5 Å². The van der Waals surface area contributed by atoms with Gasteiger partial charge < -0.3 is 14.2 Å². The van der Waals surface area contributed by atoms with Gasteiger partial charge in [0.1, 0.15) is 5.75 Å². The van der Waals surface area contributed by atoms with Gasteiger partial charge in [-0.05, 0) is 51.8 Å². The Kier molecular flexibility index (Phi) is 5.40. The first-order valence-corrected chi connectivity index (χ1v) is 11.5. The summed E-state index contributed by atoms with van der Waals surface area (Å²) < 4.78 is 19.4. The summed E-state index contributed by atoms with van der Waals surface area (Å²) >= 11 is 7.31. The minimum Gasteiger partial charge on any atom is -0.493 e. The highest BCUT2D eigenvalue weighted by Crippen LogP contribution is 2.51. The smallest absolute Gasteiger partial charge is 0.214 e. The molecule has 3 aromatic rings. The van der Waals surface area contributed by atoms with Crippen LogP contribution in [0.1, 0.15) is 35.4 Å². The lowest BCUT2D eigenvalue weighted by atomic mass is 9.96. The van der Waals surface area contributed by atoms with Crippen LogP contribution in [0.3, 0.4) is 0 Å². The number of hydrazone groups is 1. The highest BCUT2D eigenvalue weighted by atomic mass is 79.9. The van der Waals surface area contributed by atoms with Crippen molar-refractivity contribution < 1.29 is 14.2 Å². The molecular formula is C24H20Br2N2O3. The van der Waals surface area contributed by atoms with E-state index in [4.69, 9.17) is 19.3 Å². The normalized spacial score (nSPS) is 19.2. The van der Waals surface area contributed by atoms with Gasteiger partial charge in [-0.2, -0.15) is 5.10 Å². The molecule has 5 rings (SSSR count). The largest absolute Gasteiger partial charge is 0.493 e. The van der Waals surface area contributed by atoms with Gasteiger partial charge >= 0.3 is 0 Å². The maximum atomic E-state index is 6.53. The second-order valence-corrected chi connectivity index (χ2v) is 9.17. The van der Waals surface area contributed by atoms with Crippen molar-refractivity contribution in [3.63, 3.8) is 0 Å². The summed E-state index contributed by atoms with van der Waals surface area (Å²) in [7, 11) is 3.27. The van der Waals surface area contributed by atoms with Gasteiger partial charge in [0.25, 0.3) is 0 Å². The fraction of sp³-hybridized carbons (Fsp3) is 0.208. The average Bonchev–Trinajstić information content (AvgIpc) is 3.25. The molecule has 2 aliphatic heterocycles. The molecule has 0 saturated heterocycles. The number of rotatable bonds is 4. The standard InChI is InChI=1S/C24H20Br2N2O3/c1-29-21-9-8-15(10-22(21)30-2)24-28-20(13-19(27-28)14-6-4-3-5-7-14)17-11-16(25)12-18(26)23(17)31-24/h3-12,20,24H,13H2,1-2H3/t20-,24+/m0/s1. The third kappa shape index (κ3) is 3.59. The quantitative estimate of drug-likeness (QED) is 0.378. The number of hydrogen-bond acceptors (Lipinski definition) is 5. The fourth-order valence-electron chi connectivity index (χ4n) is 4.15. The van der Waals surface area contributed by atoms with Crippen LogP contribution in [0.25, 0.3) is 0 Å². The molecule has 0 N–H and O–H groups in total. The molecule has 31 heavy (non-hydrogen) atoms. The number of methoxy groups -OCH3 is 2. The van der Waals surface area contributed by atoms with E-state index in [0.29, 0.717) is 11.5 Å². The average molecular weight is 544 g/mol. The Balaban J connectivity index is 1.63. The van der Waals surface area contributed by atoms with Crippen molar-refractivity contribution in [3.8, 4) is 17.2 Å². The molecule has 3 aromatic carbocycles. The van der Waals surface area contributed by atoms with Crippen molar-refractivity contribution in [2.75, 3.05) is 14.2 Å².